The Kier molecular flexibility index (Phi) is 4.58. The van der Waals surface area contributed by atoms with Crippen LogP contribution in [0.4, 0.5) is 0 Å². The summed E-state index contributed by atoms with van der Waals surface area (Å²) in [4.78, 5) is 0. The van der Waals surface area contributed by atoms with Gasteiger partial charge in [-0.05, 0) is 54.4 Å². The van der Waals surface area contributed by atoms with E-state index >= 15 is 0 Å². The summed E-state index contributed by atoms with van der Waals surface area (Å²) in [7, 11) is 0. The first kappa shape index (κ1) is 14.9. The quantitative estimate of drug-likeness (QED) is 0.569. The van der Waals surface area contributed by atoms with Crippen LogP contribution in [0.2, 0.25) is 0 Å². The molecule has 2 rings (SSSR count). The van der Waals surface area contributed by atoms with Crippen LogP contribution in [0.25, 0.3) is 0 Å². The number of fused-ring (bicyclic) bond motifs is 1. The number of allylic oxidation sites excluding steroid dienone is 4. The summed E-state index contributed by atoms with van der Waals surface area (Å²) in [6.45, 7) is 12.0. The molecule has 2 unspecified atom stereocenters. The standard InChI is InChI=1S/C19H32/c1-6-7-12-19(5)15(4)8-9-17-13-16(14(2)3)10-11-18(17)19/h10,13-15,18H,6-9,11-12H2,1-5H3/t15?,18?,19-/m0/s1. The maximum absolute atomic E-state index is 2.57. The van der Waals surface area contributed by atoms with E-state index in [2.05, 4.69) is 46.8 Å². The van der Waals surface area contributed by atoms with Crippen LogP contribution >= 0.6 is 0 Å². The van der Waals surface area contributed by atoms with Crippen molar-refractivity contribution in [2.45, 2.75) is 73.1 Å². The topological polar surface area (TPSA) is 0 Å². The highest BCUT2D eigenvalue weighted by Crippen LogP contribution is 2.53. The predicted octanol–water partition coefficient (Wildman–Crippen LogP) is 6.14. The highest BCUT2D eigenvalue weighted by molar-refractivity contribution is 5.33. The highest BCUT2D eigenvalue weighted by atomic mass is 14.5. The molecule has 2 aliphatic rings. The lowest BCUT2D eigenvalue weighted by Gasteiger charge is -2.49. The van der Waals surface area contributed by atoms with Crippen LogP contribution in [0.15, 0.2) is 23.3 Å². The van der Waals surface area contributed by atoms with Gasteiger partial charge >= 0.3 is 0 Å². The van der Waals surface area contributed by atoms with E-state index in [-0.39, 0.29) is 0 Å². The fourth-order valence-electron chi connectivity index (χ4n) is 4.16. The van der Waals surface area contributed by atoms with E-state index < -0.39 is 0 Å². The minimum Gasteiger partial charge on any atom is -0.0804 e. The molecule has 1 saturated carbocycles. The first-order chi connectivity index (χ1) is 8.99. The number of hydrogen-bond acceptors (Lipinski definition) is 0. The average Bonchev–Trinajstić information content (AvgIpc) is 2.40. The number of unbranched alkanes of at least 4 members (excludes halogenated alkanes) is 1. The zero-order valence-corrected chi connectivity index (χ0v) is 13.6. The van der Waals surface area contributed by atoms with Gasteiger partial charge in [0.1, 0.15) is 0 Å². The van der Waals surface area contributed by atoms with Crippen LogP contribution in [-0.2, 0) is 0 Å². The van der Waals surface area contributed by atoms with Gasteiger partial charge in [0.05, 0.1) is 0 Å². The van der Waals surface area contributed by atoms with Gasteiger partial charge in [-0.1, -0.05) is 65.2 Å². The van der Waals surface area contributed by atoms with E-state index in [1.807, 2.05) is 0 Å². The van der Waals surface area contributed by atoms with Gasteiger partial charge < -0.3 is 0 Å². The third-order valence-electron chi connectivity index (χ3n) is 5.91. The maximum Gasteiger partial charge on any atom is -0.0109 e. The van der Waals surface area contributed by atoms with Crippen molar-refractivity contribution in [2.75, 3.05) is 0 Å². The van der Waals surface area contributed by atoms with E-state index in [1.54, 1.807) is 11.1 Å². The fraction of sp³-hybridized carbons (Fsp3) is 0.789. The van der Waals surface area contributed by atoms with Crippen molar-refractivity contribution in [1.29, 1.82) is 0 Å². The second kappa shape index (κ2) is 5.85. The molecule has 0 nitrogen and oxygen atoms in total. The predicted molar refractivity (Wildman–Crippen MR) is 85.1 cm³/mol. The minimum atomic E-state index is 0.541. The molecule has 0 bridgehead atoms. The minimum absolute atomic E-state index is 0.541. The Labute approximate surface area is 120 Å². The van der Waals surface area contributed by atoms with Crippen LogP contribution in [0.1, 0.15) is 73.1 Å². The Balaban J connectivity index is 2.21. The van der Waals surface area contributed by atoms with Crippen molar-refractivity contribution >= 4 is 0 Å². The molecule has 108 valence electrons. The molecule has 0 N–H and O–H groups in total. The highest BCUT2D eigenvalue weighted by Gasteiger charge is 2.43. The molecule has 0 aromatic carbocycles. The third kappa shape index (κ3) is 2.83. The lowest BCUT2D eigenvalue weighted by molar-refractivity contribution is 0.0753. The summed E-state index contributed by atoms with van der Waals surface area (Å²) in [6.07, 6.45) is 13.3. The largest absolute Gasteiger partial charge is 0.0804 e. The normalized spacial score (nSPS) is 34.8. The first-order valence-corrected chi connectivity index (χ1v) is 8.39. The molecule has 0 aromatic rings. The van der Waals surface area contributed by atoms with E-state index in [4.69, 9.17) is 0 Å². The molecule has 0 saturated heterocycles. The van der Waals surface area contributed by atoms with Gasteiger partial charge in [0.25, 0.3) is 0 Å². The molecule has 0 heterocycles. The second-order valence-electron chi connectivity index (χ2n) is 7.42. The van der Waals surface area contributed by atoms with E-state index in [9.17, 15) is 0 Å². The Bertz CT molecular complexity index is 371. The summed E-state index contributed by atoms with van der Waals surface area (Å²) in [6, 6.07) is 0. The lowest BCUT2D eigenvalue weighted by Crippen LogP contribution is -2.39. The Morgan fingerprint density at radius 3 is 2.74 bits per heavy atom. The summed E-state index contributed by atoms with van der Waals surface area (Å²) in [5.74, 6) is 2.40. The van der Waals surface area contributed by atoms with Gasteiger partial charge in [-0.2, -0.15) is 0 Å². The van der Waals surface area contributed by atoms with Crippen LogP contribution in [0.5, 0.6) is 0 Å². The van der Waals surface area contributed by atoms with Gasteiger partial charge in [-0.25, -0.2) is 0 Å². The fourth-order valence-corrected chi connectivity index (χ4v) is 4.16. The molecule has 0 radical (unpaired) electrons. The van der Waals surface area contributed by atoms with Crippen molar-refractivity contribution < 1.29 is 0 Å². The molecule has 0 aliphatic heterocycles. The molecular weight excluding hydrogens is 228 g/mol. The van der Waals surface area contributed by atoms with Gasteiger partial charge in [0.15, 0.2) is 0 Å². The molecule has 19 heavy (non-hydrogen) atoms. The number of hydrogen-bond donors (Lipinski definition) is 0. The maximum atomic E-state index is 2.57. The first-order valence-electron chi connectivity index (χ1n) is 8.39. The van der Waals surface area contributed by atoms with E-state index in [0.29, 0.717) is 11.3 Å². The van der Waals surface area contributed by atoms with E-state index in [1.165, 1.54) is 38.5 Å². The van der Waals surface area contributed by atoms with Gasteiger partial charge in [-0.3, -0.25) is 0 Å². The van der Waals surface area contributed by atoms with Crippen molar-refractivity contribution in [2.24, 2.45) is 23.2 Å². The molecule has 0 aromatic heterocycles. The molecule has 0 spiro atoms. The average molecular weight is 260 g/mol. The molecule has 1 fully saturated rings. The van der Waals surface area contributed by atoms with Crippen molar-refractivity contribution in [3.8, 4) is 0 Å². The molecule has 3 atom stereocenters. The summed E-state index contributed by atoms with van der Waals surface area (Å²) < 4.78 is 0. The van der Waals surface area contributed by atoms with Gasteiger partial charge in [-0.15, -0.1) is 0 Å². The Morgan fingerprint density at radius 2 is 2.11 bits per heavy atom. The molecule has 0 amide bonds. The monoisotopic (exact) mass is 260 g/mol. The summed E-state index contributed by atoms with van der Waals surface area (Å²) in [5.41, 5.74) is 3.89. The molecule has 2 aliphatic carbocycles. The molecular formula is C19H32. The zero-order valence-electron chi connectivity index (χ0n) is 13.6. The van der Waals surface area contributed by atoms with Crippen molar-refractivity contribution in [3.05, 3.63) is 23.3 Å². The smallest absolute Gasteiger partial charge is 0.0109 e. The van der Waals surface area contributed by atoms with Crippen LogP contribution in [-0.4, -0.2) is 0 Å². The SMILES string of the molecule is CCCC[C@@]1(C)C(C)CCC2=CC(C(C)C)=CCC21. The van der Waals surface area contributed by atoms with Crippen LogP contribution in [0.3, 0.4) is 0 Å². The lowest BCUT2D eigenvalue weighted by atomic mass is 9.56. The van der Waals surface area contributed by atoms with Crippen LogP contribution in [0, 0.1) is 23.2 Å². The zero-order chi connectivity index (χ0) is 14.0. The van der Waals surface area contributed by atoms with Crippen molar-refractivity contribution in [1.82, 2.24) is 0 Å². The summed E-state index contributed by atoms with van der Waals surface area (Å²) in [5, 5.41) is 0. The third-order valence-corrected chi connectivity index (χ3v) is 5.91. The summed E-state index contributed by atoms with van der Waals surface area (Å²) >= 11 is 0. The van der Waals surface area contributed by atoms with Gasteiger partial charge in [0, 0.05) is 0 Å². The molecule has 0 heteroatoms. The van der Waals surface area contributed by atoms with Crippen molar-refractivity contribution in [3.63, 3.8) is 0 Å². The van der Waals surface area contributed by atoms with E-state index in [0.717, 1.165) is 11.8 Å². The second-order valence-corrected chi connectivity index (χ2v) is 7.42. The van der Waals surface area contributed by atoms with Gasteiger partial charge in [0.2, 0.25) is 0 Å². The number of rotatable bonds is 4. The Morgan fingerprint density at radius 1 is 1.37 bits per heavy atom. The Hall–Kier alpha value is -0.520. The van der Waals surface area contributed by atoms with Crippen LogP contribution < -0.4 is 0 Å².